The number of hydrogen-bond acceptors (Lipinski definition) is 3. The molecule has 0 aliphatic carbocycles. The van der Waals surface area contributed by atoms with E-state index in [2.05, 4.69) is 5.32 Å². The highest BCUT2D eigenvalue weighted by atomic mass is 35.5. The van der Waals surface area contributed by atoms with Gasteiger partial charge in [0.25, 0.3) is 0 Å². The normalized spacial score (nSPS) is 18.9. The lowest BCUT2D eigenvalue weighted by Crippen LogP contribution is -2.46. The number of carbonyl (C=O) groups is 1. The fraction of sp³-hybridized carbons (Fsp3) is 0.500. The number of amides is 1. The van der Waals surface area contributed by atoms with Crippen molar-refractivity contribution in [2.75, 3.05) is 33.3 Å². The van der Waals surface area contributed by atoms with Gasteiger partial charge in [0.15, 0.2) is 0 Å². The van der Waals surface area contributed by atoms with E-state index in [1.165, 1.54) is 12.1 Å². The van der Waals surface area contributed by atoms with Gasteiger partial charge < -0.3 is 15.0 Å². The fourth-order valence-electron chi connectivity index (χ4n) is 2.13. The first-order chi connectivity index (χ1) is 9.58. The van der Waals surface area contributed by atoms with E-state index in [1.807, 2.05) is 0 Å². The van der Waals surface area contributed by atoms with Gasteiger partial charge in [-0.25, -0.2) is 4.39 Å². The Labute approximate surface area is 122 Å². The largest absolute Gasteiger partial charge is 0.374 e. The fourth-order valence-corrected chi connectivity index (χ4v) is 2.36. The summed E-state index contributed by atoms with van der Waals surface area (Å²) < 4.78 is 19.2. The van der Waals surface area contributed by atoms with Crippen LogP contribution in [0, 0.1) is 5.82 Å². The van der Waals surface area contributed by atoms with Crippen molar-refractivity contribution >= 4 is 17.5 Å². The minimum atomic E-state index is -0.449. The van der Waals surface area contributed by atoms with Crippen molar-refractivity contribution in [1.82, 2.24) is 10.2 Å². The van der Waals surface area contributed by atoms with Gasteiger partial charge in [-0.15, -0.1) is 0 Å². The first-order valence-corrected chi connectivity index (χ1v) is 6.95. The molecule has 0 spiro atoms. The molecule has 0 saturated carbocycles. The van der Waals surface area contributed by atoms with Gasteiger partial charge in [0.05, 0.1) is 19.1 Å². The highest BCUT2D eigenvalue weighted by Crippen LogP contribution is 2.20. The zero-order valence-electron chi connectivity index (χ0n) is 11.4. The van der Waals surface area contributed by atoms with Crippen molar-refractivity contribution in [3.05, 3.63) is 34.6 Å². The molecule has 20 heavy (non-hydrogen) atoms. The van der Waals surface area contributed by atoms with E-state index < -0.39 is 5.82 Å². The van der Waals surface area contributed by atoms with E-state index in [-0.39, 0.29) is 29.0 Å². The SMILES string of the molecule is CN(CC1CNCCO1)C(=O)Cc1c(F)cccc1Cl. The van der Waals surface area contributed by atoms with Crippen molar-refractivity contribution < 1.29 is 13.9 Å². The van der Waals surface area contributed by atoms with Crippen LogP contribution in [0.4, 0.5) is 4.39 Å². The molecule has 0 radical (unpaired) electrons. The molecule has 1 N–H and O–H groups in total. The summed E-state index contributed by atoms with van der Waals surface area (Å²) in [5.41, 5.74) is 0.244. The van der Waals surface area contributed by atoms with E-state index in [1.54, 1.807) is 18.0 Å². The molecule has 1 fully saturated rings. The number of hydrogen-bond donors (Lipinski definition) is 1. The predicted octanol–water partition coefficient (Wildman–Crippen LogP) is 1.47. The smallest absolute Gasteiger partial charge is 0.226 e. The highest BCUT2D eigenvalue weighted by molar-refractivity contribution is 6.31. The quantitative estimate of drug-likeness (QED) is 0.915. The van der Waals surface area contributed by atoms with Crippen LogP contribution in [0.15, 0.2) is 18.2 Å². The second-order valence-electron chi connectivity index (χ2n) is 4.85. The molecule has 1 aliphatic rings. The Morgan fingerprint density at radius 2 is 2.40 bits per heavy atom. The third-order valence-corrected chi connectivity index (χ3v) is 3.65. The van der Waals surface area contributed by atoms with E-state index in [9.17, 15) is 9.18 Å². The van der Waals surface area contributed by atoms with Gasteiger partial charge in [-0.1, -0.05) is 17.7 Å². The van der Waals surface area contributed by atoms with Crippen LogP contribution in [-0.4, -0.2) is 50.2 Å². The van der Waals surface area contributed by atoms with Crippen molar-refractivity contribution in [2.24, 2.45) is 0 Å². The first-order valence-electron chi connectivity index (χ1n) is 6.57. The molecule has 0 bridgehead atoms. The standard InChI is InChI=1S/C14H18ClFN2O2/c1-18(9-10-8-17-5-6-20-10)14(19)7-11-12(15)3-2-4-13(11)16/h2-4,10,17H,5-9H2,1H3. The van der Waals surface area contributed by atoms with E-state index in [0.717, 1.165) is 13.1 Å². The molecule has 1 unspecified atom stereocenters. The maximum absolute atomic E-state index is 13.6. The van der Waals surface area contributed by atoms with Gasteiger partial charge in [-0.05, 0) is 12.1 Å². The van der Waals surface area contributed by atoms with Crippen LogP contribution in [0.5, 0.6) is 0 Å². The molecule has 1 aromatic rings. The molecule has 1 aromatic carbocycles. The van der Waals surface area contributed by atoms with Crippen molar-refractivity contribution in [3.8, 4) is 0 Å². The van der Waals surface area contributed by atoms with E-state index >= 15 is 0 Å². The summed E-state index contributed by atoms with van der Waals surface area (Å²) in [4.78, 5) is 13.7. The molecule has 1 heterocycles. The van der Waals surface area contributed by atoms with Gasteiger partial charge in [0, 0.05) is 37.3 Å². The topological polar surface area (TPSA) is 41.6 Å². The Hall–Kier alpha value is -1.17. The Morgan fingerprint density at radius 1 is 1.60 bits per heavy atom. The minimum Gasteiger partial charge on any atom is -0.374 e. The number of benzene rings is 1. The Balaban J connectivity index is 1.93. The lowest BCUT2D eigenvalue weighted by molar-refractivity contribution is -0.131. The summed E-state index contributed by atoms with van der Waals surface area (Å²) >= 11 is 5.92. The van der Waals surface area contributed by atoms with Gasteiger partial charge in [0.2, 0.25) is 5.91 Å². The van der Waals surface area contributed by atoms with Gasteiger partial charge in [-0.3, -0.25) is 4.79 Å². The third-order valence-electron chi connectivity index (χ3n) is 3.30. The third kappa shape index (κ3) is 3.91. The van der Waals surface area contributed by atoms with Gasteiger partial charge in [0.1, 0.15) is 5.82 Å². The zero-order valence-corrected chi connectivity index (χ0v) is 12.1. The lowest BCUT2D eigenvalue weighted by atomic mass is 10.1. The molecule has 1 amide bonds. The average Bonchev–Trinajstić information content (AvgIpc) is 2.44. The summed E-state index contributed by atoms with van der Waals surface area (Å²) in [6.45, 7) is 2.68. The number of nitrogens with one attached hydrogen (secondary N) is 1. The molecule has 110 valence electrons. The monoisotopic (exact) mass is 300 g/mol. The van der Waals surface area contributed by atoms with Crippen LogP contribution in [0.25, 0.3) is 0 Å². The molecule has 1 atom stereocenters. The number of morpholine rings is 1. The van der Waals surface area contributed by atoms with Gasteiger partial charge >= 0.3 is 0 Å². The highest BCUT2D eigenvalue weighted by Gasteiger charge is 2.20. The van der Waals surface area contributed by atoms with Crippen LogP contribution in [-0.2, 0) is 16.0 Å². The molecular formula is C14H18ClFN2O2. The summed E-state index contributed by atoms with van der Waals surface area (Å²) in [5.74, 6) is -0.624. The molecule has 1 saturated heterocycles. The summed E-state index contributed by atoms with van der Waals surface area (Å²) in [7, 11) is 1.69. The van der Waals surface area contributed by atoms with Crippen molar-refractivity contribution in [2.45, 2.75) is 12.5 Å². The maximum atomic E-state index is 13.6. The van der Waals surface area contributed by atoms with E-state index in [0.29, 0.717) is 13.2 Å². The molecule has 4 nitrogen and oxygen atoms in total. The Morgan fingerprint density at radius 3 is 3.05 bits per heavy atom. The van der Waals surface area contributed by atoms with Crippen molar-refractivity contribution in [1.29, 1.82) is 0 Å². The maximum Gasteiger partial charge on any atom is 0.226 e. The lowest BCUT2D eigenvalue weighted by Gasteiger charge is -2.28. The van der Waals surface area contributed by atoms with Crippen LogP contribution in [0.3, 0.4) is 0 Å². The van der Waals surface area contributed by atoms with E-state index in [4.69, 9.17) is 16.3 Å². The zero-order chi connectivity index (χ0) is 14.5. The van der Waals surface area contributed by atoms with Crippen LogP contribution in [0.2, 0.25) is 5.02 Å². The van der Waals surface area contributed by atoms with Gasteiger partial charge in [-0.2, -0.15) is 0 Å². The summed E-state index contributed by atoms with van der Waals surface area (Å²) in [6, 6.07) is 4.42. The van der Waals surface area contributed by atoms with Crippen LogP contribution < -0.4 is 5.32 Å². The number of rotatable bonds is 4. The average molecular weight is 301 g/mol. The summed E-state index contributed by atoms with van der Waals surface area (Å²) in [5, 5.41) is 3.48. The number of nitrogens with zero attached hydrogens (tertiary/aromatic N) is 1. The Bertz CT molecular complexity index is 458. The molecule has 1 aliphatic heterocycles. The number of halogens is 2. The molecule has 2 rings (SSSR count). The Kier molecular flexibility index (Phi) is 5.34. The predicted molar refractivity (Wildman–Crippen MR) is 75.4 cm³/mol. The first kappa shape index (κ1) is 15.2. The molecular weight excluding hydrogens is 283 g/mol. The number of carbonyl (C=O) groups excluding carboxylic acids is 1. The number of likely N-dealkylation sites (N-methyl/N-ethyl adjacent to an activating group) is 1. The van der Waals surface area contributed by atoms with Crippen molar-refractivity contribution in [3.63, 3.8) is 0 Å². The number of ether oxygens (including phenoxy) is 1. The second kappa shape index (κ2) is 7.02. The summed E-state index contributed by atoms with van der Waals surface area (Å²) in [6.07, 6.45) is -0.0592. The molecule has 0 aromatic heterocycles. The van der Waals surface area contributed by atoms with Crippen LogP contribution in [0.1, 0.15) is 5.56 Å². The second-order valence-corrected chi connectivity index (χ2v) is 5.26. The van der Waals surface area contributed by atoms with Crippen LogP contribution >= 0.6 is 11.6 Å². The molecule has 6 heteroatoms. The minimum absolute atomic E-state index is 0.0196.